The molecule has 1 N–H and O–H groups in total. The number of hydrogen-bond donors (Lipinski definition) is 1. The summed E-state index contributed by atoms with van der Waals surface area (Å²) in [4.78, 5) is 38.4. The van der Waals surface area contributed by atoms with Crippen molar-refractivity contribution in [2.75, 3.05) is 19.1 Å². The lowest BCUT2D eigenvalue weighted by atomic mass is 9.94. The van der Waals surface area contributed by atoms with E-state index < -0.39 is 28.4 Å². The van der Waals surface area contributed by atoms with Crippen LogP contribution in [-0.4, -0.2) is 35.9 Å². The number of benzene rings is 3. The number of nitrogens with zero attached hydrogens (tertiary/aromatic N) is 2. The third-order valence-electron chi connectivity index (χ3n) is 5.56. The van der Waals surface area contributed by atoms with Crippen LogP contribution in [0.25, 0.3) is 5.76 Å². The number of anilines is 1. The number of aliphatic hydroxyl groups excluding tert-OH is 1. The van der Waals surface area contributed by atoms with Gasteiger partial charge in [0.05, 0.1) is 30.8 Å². The van der Waals surface area contributed by atoms with Crippen LogP contribution >= 0.6 is 0 Å². The molecular formula is C25H20N2O7. The summed E-state index contributed by atoms with van der Waals surface area (Å²) >= 11 is 0. The fraction of sp³-hybridized carbons (Fsp3) is 0.120. The van der Waals surface area contributed by atoms with Gasteiger partial charge in [-0.15, -0.1) is 0 Å². The standard InChI is InChI=1S/C25H20N2O7/c1-33-19-10-6-15(7-11-19)23(28)21-22(16-4-3-5-18(14-16)27(31)32)26(25(30)24(21)29)17-8-12-20(34-2)13-9-17/h3-14,22,28H,1-2H3/b23-21-/t22-/m1/s1. The number of non-ortho nitro benzene ring substituents is 1. The maximum atomic E-state index is 13.2. The highest BCUT2D eigenvalue weighted by Crippen LogP contribution is 2.43. The fourth-order valence-corrected chi connectivity index (χ4v) is 3.87. The van der Waals surface area contributed by atoms with Gasteiger partial charge in [-0.3, -0.25) is 24.6 Å². The molecule has 4 rings (SSSR count). The number of nitro groups is 1. The number of carbonyl (C=O) groups is 2. The van der Waals surface area contributed by atoms with E-state index in [1.807, 2.05) is 0 Å². The fourth-order valence-electron chi connectivity index (χ4n) is 3.87. The lowest BCUT2D eigenvalue weighted by Crippen LogP contribution is -2.29. The summed E-state index contributed by atoms with van der Waals surface area (Å²) in [7, 11) is 3.00. The number of ether oxygens (including phenoxy) is 2. The predicted octanol–water partition coefficient (Wildman–Crippen LogP) is 4.24. The molecule has 1 atom stereocenters. The van der Waals surface area contributed by atoms with Gasteiger partial charge in [-0.1, -0.05) is 12.1 Å². The van der Waals surface area contributed by atoms with E-state index in [9.17, 15) is 24.8 Å². The molecule has 1 aliphatic rings. The highest BCUT2D eigenvalue weighted by Gasteiger charge is 2.47. The van der Waals surface area contributed by atoms with Crippen molar-refractivity contribution in [2.24, 2.45) is 0 Å². The molecule has 1 saturated heterocycles. The van der Waals surface area contributed by atoms with Gasteiger partial charge in [-0.05, 0) is 54.1 Å². The van der Waals surface area contributed by atoms with Crippen LogP contribution in [0.3, 0.4) is 0 Å². The van der Waals surface area contributed by atoms with Crippen LogP contribution in [0.2, 0.25) is 0 Å². The molecule has 34 heavy (non-hydrogen) atoms. The van der Waals surface area contributed by atoms with Crippen molar-refractivity contribution in [3.63, 3.8) is 0 Å². The van der Waals surface area contributed by atoms with Crippen LogP contribution in [0.15, 0.2) is 78.4 Å². The van der Waals surface area contributed by atoms with E-state index in [1.165, 1.54) is 37.3 Å². The zero-order valence-electron chi connectivity index (χ0n) is 18.3. The van der Waals surface area contributed by atoms with Gasteiger partial charge in [0.2, 0.25) is 0 Å². The molecule has 0 aromatic heterocycles. The number of hydrogen-bond acceptors (Lipinski definition) is 7. The maximum absolute atomic E-state index is 13.2. The molecule has 0 radical (unpaired) electrons. The molecule has 1 aliphatic heterocycles. The Labute approximate surface area is 194 Å². The first-order chi connectivity index (χ1) is 16.3. The third-order valence-corrected chi connectivity index (χ3v) is 5.56. The first-order valence-corrected chi connectivity index (χ1v) is 10.2. The van der Waals surface area contributed by atoms with Gasteiger partial charge >= 0.3 is 0 Å². The Balaban J connectivity index is 1.93. The Kier molecular flexibility index (Phi) is 6.01. The smallest absolute Gasteiger partial charge is 0.300 e. The zero-order valence-corrected chi connectivity index (χ0v) is 18.3. The van der Waals surface area contributed by atoms with Gasteiger partial charge in [-0.25, -0.2) is 0 Å². The van der Waals surface area contributed by atoms with E-state index in [4.69, 9.17) is 9.47 Å². The second kappa shape index (κ2) is 9.07. The van der Waals surface area contributed by atoms with Crippen LogP contribution in [0.1, 0.15) is 17.2 Å². The highest BCUT2D eigenvalue weighted by molar-refractivity contribution is 6.51. The predicted molar refractivity (Wildman–Crippen MR) is 124 cm³/mol. The molecule has 0 unspecified atom stereocenters. The molecular weight excluding hydrogens is 440 g/mol. The molecule has 172 valence electrons. The minimum Gasteiger partial charge on any atom is -0.507 e. The second-order valence-electron chi connectivity index (χ2n) is 7.45. The number of methoxy groups -OCH3 is 2. The summed E-state index contributed by atoms with van der Waals surface area (Å²) in [6.45, 7) is 0. The van der Waals surface area contributed by atoms with E-state index in [0.29, 0.717) is 28.3 Å². The minimum atomic E-state index is -1.09. The summed E-state index contributed by atoms with van der Waals surface area (Å²) in [5.74, 6) is -1.07. The molecule has 0 aliphatic carbocycles. The van der Waals surface area contributed by atoms with Gasteiger partial charge in [0.25, 0.3) is 17.4 Å². The van der Waals surface area contributed by atoms with E-state index in [0.717, 1.165) is 0 Å². The van der Waals surface area contributed by atoms with Crippen LogP contribution < -0.4 is 14.4 Å². The Morgan fingerprint density at radius 2 is 1.53 bits per heavy atom. The molecule has 3 aromatic carbocycles. The summed E-state index contributed by atoms with van der Waals surface area (Å²) < 4.78 is 10.3. The van der Waals surface area contributed by atoms with Gasteiger partial charge in [0.1, 0.15) is 17.3 Å². The summed E-state index contributed by atoms with van der Waals surface area (Å²) in [6, 6.07) is 17.3. The Morgan fingerprint density at radius 3 is 2.09 bits per heavy atom. The normalized spacial score (nSPS) is 17.0. The topological polar surface area (TPSA) is 119 Å². The SMILES string of the molecule is COc1ccc(/C(O)=C2/C(=O)C(=O)N(c3ccc(OC)cc3)[C@@H]2c2cccc([N+](=O)[O-])c2)cc1. The van der Waals surface area contributed by atoms with Crippen molar-refractivity contribution in [2.45, 2.75) is 6.04 Å². The number of aliphatic hydroxyl groups is 1. The largest absolute Gasteiger partial charge is 0.507 e. The number of carbonyl (C=O) groups excluding carboxylic acids is 2. The molecule has 9 heteroatoms. The van der Waals surface area contributed by atoms with E-state index >= 15 is 0 Å². The van der Waals surface area contributed by atoms with Crippen LogP contribution in [-0.2, 0) is 9.59 Å². The molecule has 3 aromatic rings. The van der Waals surface area contributed by atoms with Crippen molar-refractivity contribution >= 4 is 28.8 Å². The monoisotopic (exact) mass is 460 g/mol. The van der Waals surface area contributed by atoms with Crippen LogP contribution in [0, 0.1) is 10.1 Å². The zero-order chi connectivity index (χ0) is 24.4. The first-order valence-electron chi connectivity index (χ1n) is 10.2. The number of nitro benzene ring substituents is 1. The van der Waals surface area contributed by atoms with Crippen LogP contribution in [0.5, 0.6) is 11.5 Å². The first kappa shape index (κ1) is 22.5. The quantitative estimate of drug-likeness (QED) is 0.192. The minimum absolute atomic E-state index is 0.175. The van der Waals surface area contributed by atoms with E-state index in [-0.39, 0.29) is 11.3 Å². The van der Waals surface area contributed by atoms with Crippen molar-refractivity contribution in [1.29, 1.82) is 0 Å². The lowest BCUT2D eigenvalue weighted by molar-refractivity contribution is -0.384. The number of ketones is 1. The molecule has 1 amide bonds. The molecule has 0 bridgehead atoms. The third kappa shape index (κ3) is 3.95. The van der Waals surface area contributed by atoms with Gasteiger partial charge in [-0.2, -0.15) is 0 Å². The van der Waals surface area contributed by atoms with Crippen molar-refractivity contribution in [1.82, 2.24) is 0 Å². The summed E-state index contributed by atoms with van der Waals surface area (Å²) in [5, 5.41) is 22.5. The molecule has 9 nitrogen and oxygen atoms in total. The lowest BCUT2D eigenvalue weighted by Gasteiger charge is -2.25. The van der Waals surface area contributed by atoms with Crippen molar-refractivity contribution < 1.29 is 29.1 Å². The van der Waals surface area contributed by atoms with Gasteiger partial charge in [0, 0.05) is 23.4 Å². The summed E-state index contributed by atoms with van der Waals surface area (Å²) in [5.41, 5.74) is 0.588. The Hall–Kier alpha value is -4.66. The second-order valence-corrected chi connectivity index (χ2v) is 7.45. The number of rotatable bonds is 6. The van der Waals surface area contributed by atoms with Crippen molar-refractivity contribution in [3.05, 3.63) is 99.6 Å². The molecule has 0 spiro atoms. The van der Waals surface area contributed by atoms with Crippen LogP contribution in [0.4, 0.5) is 11.4 Å². The Bertz CT molecular complexity index is 1300. The molecule has 1 heterocycles. The number of amides is 1. The van der Waals surface area contributed by atoms with E-state index in [1.54, 1.807) is 54.6 Å². The van der Waals surface area contributed by atoms with Crippen molar-refractivity contribution in [3.8, 4) is 11.5 Å². The molecule has 0 saturated carbocycles. The summed E-state index contributed by atoms with van der Waals surface area (Å²) in [6.07, 6.45) is 0. The van der Waals surface area contributed by atoms with Gasteiger partial charge in [0.15, 0.2) is 0 Å². The van der Waals surface area contributed by atoms with Gasteiger partial charge < -0.3 is 14.6 Å². The average molecular weight is 460 g/mol. The van der Waals surface area contributed by atoms with E-state index in [2.05, 4.69) is 0 Å². The highest BCUT2D eigenvalue weighted by atomic mass is 16.6. The number of Topliss-reactive ketones (excluding diaryl/α,β-unsaturated/α-hetero) is 1. The Morgan fingerprint density at radius 1 is 0.941 bits per heavy atom. The average Bonchev–Trinajstić information content (AvgIpc) is 3.14. The maximum Gasteiger partial charge on any atom is 0.300 e. The molecule has 1 fully saturated rings.